The highest BCUT2D eigenvalue weighted by molar-refractivity contribution is 6.63. The molecule has 3 N–H and O–H groups in total. The molecule has 0 aromatic heterocycles. The summed E-state index contributed by atoms with van der Waals surface area (Å²) in [5, 5.41) is 9.90. The molecule has 7 heteroatoms. The number of hydrogen-bond donors (Lipinski definition) is 2. The first kappa shape index (κ1) is 15.1. The van der Waals surface area contributed by atoms with Crippen LogP contribution in [0.5, 0.6) is 11.5 Å². The molecule has 0 aliphatic carbocycles. The molecule has 0 amide bonds. The average molecular weight is 274 g/mol. The second kappa shape index (κ2) is 6.29. The molecule has 0 fully saturated rings. The molecule has 0 saturated heterocycles. The Hall–Kier alpha value is -0.945. The SMILES string of the molecule is CCOc1c(OC)ccc2c1B(O)OC2CN.Cl. The largest absolute Gasteiger partial charge is 0.496 e. The zero-order valence-corrected chi connectivity index (χ0v) is 11.2. The highest BCUT2D eigenvalue weighted by atomic mass is 35.5. The summed E-state index contributed by atoms with van der Waals surface area (Å²) in [6.07, 6.45) is -0.287. The van der Waals surface area contributed by atoms with Crippen LogP contribution in [0.1, 0.15) is 18.6 Å². The van der Waals surface area contributed by atoms with Crippen molar-refractivity contribution >= 4 is 25.0 Å². The van der Waals surface area contributed by atoms with Gasteiger partial charge < -0.3 is 24.9 Å². The minimum absolute atomic E-state index is 0. The molecular formula is C11H17BClNO4. The average Bonchev–Trinajstić information content (AvgIpc) is 2.67. The van der Waals surface area contributed by atoms with Gasteiger partial charge in [-0.3, -0.25) is 0 Å². The molecule has 1 aromatic carbocycles. The van der Waals surface area contributed by atoms with E-state index in [2.05, 4.69) is 0 Å². The molecule has 1 aliphatic heterocycles. The number of fused-ring (bicyclic) bond motifs is 1. The van der Waals surface area contributed by atoms with Crippen molar-refractivity contribution in [1.29, 1.82) is 0 Å². The maximum absolute atomic E-state index is 9.90. The molecule has 5 nitrogen and oxygen atoms in total. The van der Waals surface area contributed by atoms with E-state index in [1.165, 1.54) is 0 Å². The molecule has 1 aliphatic rings. The molecule has 100 valence electrons. The number of ether oxygens (including phenoxy) is 2. The Morgan fingerprint density at radius 2 is 2.22 bits per heavy atom. The lowest BCUT2D eigenvalue weighted by Gasteiger charge is -2.14. The molecule has 18 heavy (non-hydrogen) atoms. The van der Waals surface area contributed by atoms with Crippen LogP contribution in [0.15, 0.2) is 12.1 Å². The van der Waals surface area contributed by atoms with Crippen molar-refractivity contribution in [1.82, 2.24) is 0 Å². The summed E-state index contributed by atoms with van der Waals surface area (Å²) in [5.74, 6) is 1.13. The Balaban J connectivity index is 0.00000162. The van der Waals surface area contributed by atoms with Gasteiger partial charge in [-0.2, -0.15) is 0 Å². The summed E-state index contributed by atoms with van der Waals surface area (Å²) < 4.78 is 16.1. The number of halogens is 1. The fourth-order valence-electron chi connectivity index (χ4n) is 2.06. The highest BCUT2D eigenvalue weighted by Gasteiger charge is 2.38. The molecule has 1 atom stereocenters. The maximum atomic E-state index is 9.90. The Kier molecular flexibility index (Phi) is 5.28. The smallest absolute Gasteiger partial charge is 0.493 e. The number of methoxy groups -OCH3 is 1. The Morgan fingerprint density at radius 3 is 2.78 bits per heavy atom. The topological polar surface area (TPSA) is 73.9 Å². The van der Waals surface area contributed by atoms with Crippen LogP contribution in [-0.2, 0) is 4.65 Å². The monoisotopic (exact) mass is 273 g/mol. The molecule has 0 radical (unpaired) electrons. The Bertz CT molecular complexity index is 418. The van der Waals surface area contributed by atoms with Crippen LogP contribution in [0.25, 0.3) is 0 Å². The minimum atomic E-state index is -1.00. The van der Waals surface area contributed by atoms with Gasteiger partial charge in [0, 0.05) is 12.0 Å². The minimum Gasteiger partial charge on any atom is -0.493 e. The first-order chi connectivity index (χ1) is 8.22. The van der Waals surface area contributed by atoms with E-state index in [4.69, 9.17) is 19.9 Å². The molecule has 1 heterocycles. The molecule has 1 unspecified atom stereocenters. The standard InChI is InChI=1S/C11H16BNO4.ClH/c1-3-16-11-8(15-2)5-4-7-9(6-13)17-12(14)10(7)11;/h4-5,9,14H,3,6,13H2,1-2H3;1H. The third-order valence-corrected chi connectivity index (χ3v) is 2.80. The predicted molar refractivity (Wildman–Crippen MR) is 71.9 cm³/mol. The van der Waals surface area contributed by atoms with E-state index in [0.717, 1.165) is 5.56 Å². The van der Waals surface area contributed by atoms with E-state index in [0.29, 0.717) is 30.1 Å². The van der Waals surface area contributed by atoms with Crippen molar-refractivity contribution in [2.45, 2.75) is 13.0 Å². The fourth-order valence-corrected chi connectivity index (χ4v) is 2.06. The highest BCUT2D eigenvalue weighted by Crippen LogP contribution is 2.33. The first-order valence-corrected chi connectivity index (χ1v) is 5.60. The number of hydrogen-bond acceptors (Lipinski definition) is 5. The number of nitrogens with two attached hydrogens (primary N) is 1. The van der Waals surface area contributed by atoms with Gasteiger partial charge in [-0.1, -0.05) is 6.07 Å². The lowest BCUT2D eigenvalue weighted by molar-refractivity contribution is 0.198. The van der Waals surface area contributed by atoms with Crippen molar-refractivity contribution in [2.24, 2.45) is 5.73 Å². The van der Waals surface area contributed by atoms with Crippen LogP contribution < -0.4 is 20.7 Å². The van der Waals surface area contributed by atoms with Gasteiger partial charge in [0.05, 0.1) is 19.8 Å². The molecule has 1 aromatic rings. The van der Waals surface area contributed by atoms with Crippen LogP contribution in [0.2, 0.25) is 0 Å². The third kappa shape index (κ3) is 2.42. The van der Waals surface area contributed by atoms with Gasteiger partial charge >= 0.3 is 7.12 Å². The fraction of sp³-hybridized carbons (Fsp3) is 0.455. The zero-order chi connectivity index (χ0) is 12.4. The molecule has 0 spiro atoms. The zero-order valence-electron chi connectivity index (χ0n) is 10.4. The quantitative estimate of drug-likeness (QED) is 0.769. The normalized spacial score (nSPS) is 17.1. The van der Waals surface area contributed by atoms with Crippen LogP contribution in [0, 0.1) is 0 Å². The molecule has 0 bridgehead atoms. The number of rotatable bonds is 4. The number of benzene rings is 1. The molecule has 2 rings (SSSR count). The van der Waals surface area contributed by atoms with Crippen molar-refractivity contribution < 1.29 is 19.2 Å². The van der Waals surface area contributed by atoms with Crippen molar-refractivity contribution in [3.8, 4) is 11.5 Å². The van der Waals surface area contributed by atoms with Crippen molar-refractivity contribution in [2.75, 3.05) is 20.3 Å². The van der Waals surface area contributed by atoms with Crippen LogP contribution >= 0.6 is 12.4 Å². The van der Waals surface area contributed by atoms with Gasteiger partial charge in [0.25, 0.3) is 0 Å². The summed E-state index contributed by atoms with van der Waals surface area (Å²) in [4.78, 5) is 0. The summed E-state index contributed by atoms with van der Waals surface area (Å²) in [6.45, 7) is 2.69. The lowest BCUT2D eigenvalue weighted by Crippen LogP contribution is -2.30. The maximum Gasteiger partial charge on any atom is 0.496 e. The van der Waals surface area contributed by atoms with Crippen LogP contribution in [0.4, 0.5) is 0 Å². The second-order valence-corrected chi connectivity index (χ2v) is 3.75. The van der Waals surface area contributed by atoms with Gasteiger partial charge in [0.15, 0.2) is 11.5 Å². The van der Waals surface area contributed by atoms with Crippen LogP contribution in [-0.4, -0.2) is 32.4 Å². The Morgan fingerprint density at radius 1 is 1.50 bits per heavy atom. The molecule has 0 saturated carbocycles. The van der Waals surface area contributed by atoms with Gasteiger partial charge in [0.1, 0.15) is 0 Å². The van der Waals surface area contributed by atoms with E-state index >= 15 is 0 Å². The summed E-state index contributed by atoms with van der Waals surface area (Å²) >= 11 is 0. The lowest BCUT2D eigenvalue weighted by atomic mass is 9.78. The summed E-state index contributed by atoms with van der Waals surface area (Å²) in [7, 11) is 0.558. The van der Waals surface area contributed by atoms with Crippen molar-refractivity contribution in [3.05, 3.63) is 17.7 Å². The van der Waals surface area contributed by atoms with Crippen LogP contribution in [0.3, 0.4) is 0 Å². The van der Waals surface area contributed by atoms with Gasteiger partial charge in [0.2, 0.25) is 0 Å². The molecular weight excluding hydrogens is 256 g/mol. The van der Waals surface area contributed by atoms with E-state index in [1.54, 1.807) is 13.2 Å². The second-order valence-electron chi connectivity index (χ2n) is 3.75. The van der Waals surface area contributed by atoms with E-state index in [9.17, 15) is 5.02 Å². The van der Waals surface area contributed by atoms with Gasteiger partial charge in [-0.25, -0.2) is 0 Å². The van der Waals surface area contributed by atoms with E-state index < -0.39 is 7.12 Å². The van der Waals surface area contributed by atoms with E-state index in [1.807, 2.05) is 13.0 Å². The van der Waals surface area contributed by atoms with Gasteiger partial charge in [-0.15, -0.1) is 12.4 Å². The third-order valence-electron chi connectivity index (χ3n) is 2.80. The Labute approximate surface area is 113 Å². The van der Waals surface area contributed by atoms with Crippen molar-refractivity contribution in [3.63, 3.8) is 0 Å². The van der Waals surface area contributed by atoms with E-state index in [-0.39, 0.29) is 18.5 Å². The van der Waals surface area contributed by atoms with Gasteiger partial charge in [-0.05, 0) is 18.6 Å². The summed E-state index contributed by atoms with van der Waals surface area (Å²) in [5.41, 5.74) is 7.09. The first-order valence-electron chi connectivity index (χ1n) is 5.60. The predicted octanol–water partition coefficient (Wildman–Crippen LogP) is 0.233. The summed E-state index contributed by atoms with van der Waals surface area (Å²) in [6, 6.07) is 3.65.